The van der Waals surface area contributed by atoms with Gasteiger partial charge in [0.2, 0.25) is 0 Å². The van der Waals surface area contributed by atoms with Gasteiger partial charge in [-0.05, 0) is 62.9 Å². The van der Waals surface area contributed by atoms with E-state index in [9.17, 15) is 0 Å². The molecule has 0 aliphatic rings. The zero-order valence-electron chi connectivity index (χ0n) is 21.7. The normalized spacial score (nSPS) is 13.0. The fourth-order valence-electron chi connectivity index (χ4n) is 3.64. The van der Waals surface area contributed by atoms with Crippen molar-refractivity contribution in [3.8, 4) is 0 Å². The van der Waals surface area contributed by atoms with Crippen molar-refractivity contribution in [3.05, 3.63) is 34.3 Å². The van der Waals surface area contributed by atoms with Crippen LogP contribution in [0.3, 0.4) is 0 Å². The van der Waals surface area contributed by atoms with E-state index in [1.165, 1.54) is 5.56 Å². The van der Waals surface area contributed by atoms with Crippen LogP contribution in [0.4, 0.5) is 0 Å². The van der Waals surface area contributed by atoms with Crippen LogP contribution in [-0.4, -0.2) is 90.3 Å². The minimum atomic E-state index is 0.138. The molecule has 0 heterocycles. The van der Waals surface area contributed by atoms with Crippen LogP contribution >= 0.6 is 15.9 Å². The molecule has 0 radical (unpaired) electrons. The molecule has 0 spiro atoms. The van der Waals surface area contributed by atoms with E-state index >= 15 is 0 Å². The summed E-state index contributed by atoms with van der Waals surface area (Å²) in [5.74, 6) is 0.138. The Labute approximate surface area is 225 Å². The average Bonchev–Trinajstić information content (AvgIpc) is 2.87. The maximum Gasteiger partial charge on any atom is 0.185 e. The molecule has 2 unspecified atom stereocenters. The summed E-state index contributed by atoms with van der Waals surface area (Å²) in [5, 5.41) is 10.8. The van der Waals surface area contributed by atoms with Gasteiger partial charge in [-0.3, -0.25) is 4.99 Å². The first-order chi connectivity index (χ1) is 17.5. The summed E-state index contributed by atoms with van der Waals surface area (Å²) in [6.45, 7) is 7.91. The van der Waals surface area contributed by atoms with E-state index < -0.39 is 0 Å². The van der Waals surface area contributed by atoms with Gasteiger partial charge in [-0.2, -0.15) is 0 Å². The highest BCUT2D eigenvalue weighted by Gasteiger charge is 2.13. The maximum absolute atomic E-state index is 6.00. The third kappa shape index (κ3) is 18.9. The van der Waals surface area contributed by atoms with Crippen molar-refractivity contribution >= 4 is 21.9 Å². The molecule has 0 aromatic heterocycles. The molecule has 0 amide bonds. The summed E-state index contributed by atoms with van der Waals surface area (Å²) in [4.78, 5) is 4.05. The van der Waals surface area contributed by atoms with Crippen molar-refractivity contribution in [1.82, 2.24) is 16.0 Å². The van der Waals surface area contributed by atoms with Crippen molar-refractivity contribution in [3.63, 3.8) is 0 Å². The molecule has 0 saturated carbocycles. The number of ether oxygens (including phenoxy) is 2. The summed E-state index contributed by atoms with van der Waals surface area (Å²) in [7, 11) is 0. The van der Waals surface area contributed by atoms with Crippen molar-refractivity contribution in [2.75, 3.05) is 72.2 Å². The van der Waals surface area contributed by atoms with E-state index in [2.05, 4.69) is 61.1 Å². The molecule has 0 bridgehead atoms. The van der Waals surface area contributed by atoms with E-state index in [1.54, 1.807) is 0 Å². The second kappa shape index (κ2) is 22.9. The lowest BCUT2D eigenvalue weighted by atomic mass is 10.0. The monoisotopic (exact) mass is 572 g/mol. The number of rotatable bonds is 24. The molecule has 1 aromatic rings. The number of halogens is 1. The maximum atomic E-state index is 6.00. The van der Waals surface area contributed by atoms with E-state index in [1.807, 2.05) is 0 Å². The Kier molecular flexibility index (Phi) is 20.8. The lowest BCUT2D eigenvalue weighted by Crippen LogP contribution is -2.46. The van der Waals surface area contributed by atoms with Crippen LogP contribution in [0.25, 0.3) is 0 Å². The quantitative estimate of drug-likeness (QED) is 0.0521. The Hall–Kier alpha value is -1.31. The fourth-order valence-corrected chi connectivity index (χ4v) is 3.90. The number of nitrogens with one attached hydrogen (secondary N) is 3. The van der Waals surface area contributed by atoms with Gasteiger partial charge in [-0.15, -0.1) is 0 Å². The standard InChI is InChI=1S/C25H49BrN8O2/c26-22-7-5-21(6-8-22)18-24(20-34-23(19-28)4-3-12-33-25(29)30)32-11-2-1-10-31-13-15-36-17-16-35-14-9-27/h5-8,23-24,31-32,34H,1-4,9-20,27-28H2,(H4,29,30,33). The van der Waals surface area contributed by atoms with Crippen LogP contribution in [-0.2, 0) is 15.9 Å². The molecular formula is C25H49BrN8O2. The van der Waals surface area contributed by atoms with Crippen LogP contribution in [0, 0.1) is 0 Å². The van der Waals surface area contributed by atoms with Gasteiger partial charge in [0.05, 0.1) is 26.4 Å². The molecule has 0 fully saturated rings. The van der Waals surface area contributed by atoms with Gasteiger partial charge in [0.25, 0.3) is 0 Å². The van der Waals surface area contributed by atoms with E-state index in [-0.39, 0.29) is 12.0 Å². The molecule has 0 saturated heterocycles. The van der Waals surface area contributed by atoms with Gasteiger partial charge in [-0.25, -0.2) is 0 Å². The van der Waals surface area contributed by atoms with Gasteiger partial charge in [0.15, 0.2) is 5.96 Å². The Bertz CT molecular complexity index is 662. The summed E-state index contributed by atoms with van der Waals surface area (Å²) in [6, 6.07) is 9.09. The zero-order valence-corrected chi connectivity index (χ0v) is 23.3. The minimum absolute atomic E-state index is 0.138. The van der Waals surface area contributed by atoms with Crippen LogP contribution < -0.4 is 38.9 Å². The number of hydrogen-bond donors (Lipinski definition) is 7. The first kappa shape index (κ1) is 32.7. The fraction of sp³-hybridized carbons (Fsp3) is 0.720. The largest absolute Gasteiger partial charge is 0.378 e. The predicted octanol–water partition coefficient (Wildman–Crippen LogP) is 0.282. The van der Waals surface area contributed by atoms with Crippen LogP contribution in [0.1, 0.15) is 31.2 Å². The highest BCUT2D eigenvalue weighted by Crippen LogP contribution is 2.12. The first-order valence-corrected chi connectivity index (χ1v) is 13.9. The number of guanidine groups is 1. The molecule has 1 aromatic carbocycles. The van der Waals surface area contributed by atoms with Crippen LogP contribution in [0.2, 0.25) is 0 Å². The molecule has 11 N–H and O–H groups in total. The predicted molar refractivity (Wildman–Crippen MR) is 153 cm³/mol. The lowest BCUT2D eigenvalue weighted by molar-refractivity contribution is 0.0519. The van der Waals surface area contributed by atoms with E-state index in [0.29, 0.717) is 52.1 Å². The van der Waals surface area contributed by atoms with Gasteiger partial charge in [-0.1, -0.05) is 28.1 Å². The molecule has 208 valence electrons. The summed E-state index contributed by atoms with van der Waals surface area (Å²) in [5.41, 5.74) is 23.5. The van der Waals surface area contributed by atoms with Crippen LogP contribution in [0.5, 0.6) is 0 Å². The van der Waals surface area contributed by atoms with Gasteiger partial charge in [0.1, 0.15) is 0 Å². The van der Waals surface area contributed by atoms with Gasteiger partial charge in [0, 0.05) is 49.3 Å². The van der Waals surface area contributed by atoms with Gasteiger partial charge < -0.3 is 48.4 Å². The molecule has 0 aliphatic heterocycles. The molecule has 0 aliphatic carbocycles. The number of benzene rings is 1. The second-order valence-corrected chi connectivity index (χ2v) is 9.66. The molecular weight excluding hydrogens is 524 g/mol. The van der Waals surface area contributed by atoms with Crippen LogP contribution in [0.15, 0.2) is 33.7 Å². The highest BCUT2D eigenvalue weighted by atomic mass is 79.9. The molecule has 10 nitrogen and oxygen atoms in total. The van der Waals surface area contributed by atoms with E-state index in [4.69, 9.17) is 32.4 Å². The summed E-state index contributed by atoms with van der Waals surface area (Å²) in [6.07, 6.45) is 5.01. The molecule has 36 heavy (non-hydrogen) atoms. The number of hydrogen-bond acceptors (Lipinski definition) is 8. The Morgan fingerprint density at radius 2 is 1.58 bits per heavy atom. The number of aliphatic imine (C=N–C) groups is 1. The second-order valence-electron chi connectivity index (χ2n) is 8.74. The zero-order chi connectivity index (χ0) is 26.3. The number of nitrogens with zero attached hydrogens (tertiary/aromatic N) is 1. The summed E-state index contributed by atoms with van der Waals surface area (Å²) >= 11 is 3.52. The third-order valence-electron chi connectivity index (χ3n) is 5.61. The first-order valence-electron chi connectivity index (χ1n) is 13.1. The SMILES string of the molecule is NCCOCCOCCNCCCCNC(CNC(CN)CCCN=C(N)N)Cc1ccc(Br)cc1. The molecule has 2 atom stereocenters. The Morgan fingerprint density at radius 3 is 2.28 bits per heavy atom. The van der Waals surface area contributed by atoms with E-state index in [0.717, 1.165) is 62.8 Å². The molecule has 1 rings (SSSR count). The smallest absolute Gasteiger partial charge is 0.185 e. The van der Waals surface area contributed by atoms with Gasteiger partial charge >= 0.3 is 0 Å². The Morgan fingerprint density at radius 1 is 0.861 bits per heavy atom. The number of unbranched alkanes of at least 4 members (excludes halogenated alkanes) is 1. The highest BCUT2D eigenvalue weighted by molar-refractivity contribution is 9.10. The average molecular weight is 574 g/mol. The Balaban J connectivity index is 2.29. The topological polar surface area (TPSA) is 171 Å². The summed E-state index contributed by atoms with van der Waals surface area (Å²) < 4.78 is 11.9. The van der Waals surface area contributed by atoms with Crippen molar-refractivity contribution in [2.24, 2.45) is 27.9 Å². The number of nitrogens with two attached hydrogens (primary N) is 4. The van der Waals surface area contributed by atoms with Crippen molar-refractivity contribution in [1.29, 1.82) is 0 Å². The molecule has 11 heteroatoms. The van der Waals surface area contributed by atoms with Crippen molar-refractivity contribution in [2.45, 2.75) is 44.2 Å². The lowest BCUT2D eigenvalue weighted by Gasteiger charge is -2.24. The minimum Gasteiger partial charge on any atom is -0.378 e. The third-order valence-corrected chi connectivity index (χ3v) is 6.14. The van der Waals surface area contributed by atoms with Crippen molar-refractivity contribution < 1.29 is 9.47 Å².